The fourth-order valence-corrected chi connectivity index (χ4v) is 2.87. The van der Waals surface area contributed by atoms with Crippen LogP contribution in [0.3, 0.4) is 0 Å². The first-order valence-electron chi connectivity index (χ1n) is 6.42. The van der Waals surface area contributed by atoms with Crippen molar-refractivity contribution in [2.24, 2.45) is 0 Å². The van der Waals surface area contributed by atoms with Gasteiger partial charge in [-0.2, -0.15) is 0 Å². The summed E-state index contributed by atoms with van der Waals surface area (Å²) < 4.78 is 19.4. The maximum atomic E-state index is 13.5. The number of rotatable bonds is 2. The van der Waals surface area contributed by atoms with E-state index in [0.717, 1.165) is 19.4 Å². The van der Waals surface area contributed by atoms with Crippen molar-refractivity contribution >= 4 is 5.69 Å². The van der Waals surface area contributed by atoms with Crippen molar-refractivity contribution in [3.8, 4) is 0 Å². The molecule has 2 fully saturated rings. The third-order valence-electron chi connectivity index (χ3n) is 3.99. The maximum Gasteiger partial charge on any atom is 0.146 e. The van der Waals surface area contributed by atoms with Crippen molar-refractivity contribution < 1.29 is 9.13 Å². The highest BCUT2D eigenvalue weighted by atomic mass is 19.1. The van der Waals surface area contributed by atoms with Crippen LogP contribution in [0.2, 0.25) is 0 Å². The highest BCUT2D eigenvalue weighted by Gasteiger charge is 2.42. The van der Waals surface area contributed by atoms with Crippen molar-refractivity contribution in [2.45, 2.75) is 43.7 Å². The molecule has 17 heavy (non-hydrogen) atoms. The van der Waals surface area contributed by atoms with Gasteiger partial charge in [-0.25, -0.2) is 4.39 Å². The van der Waals surface area contributed by atoms with Crippen LogP contribution in [0.1, 0.15) is 32.1 Å². The topological polar surface area (TPSA) is 21.3 Å². The normalized spacial score (nSPS) is 26.5. The van der Waals surface area contributed by atoms with Crippen molar-refractivity contribution in [3.63, 3.8) is 0 Å². The average Bonchev–Trinajstić information content (AvgIpc) is 2.31. The molecule has 3 rings (SSSR count). The minimum atomic E-state index is -0.165. The van der Waals surface area contributed by atoms with Gasteiger partial charge in [-0.3, -0.25) is 0 Å². The standard InChI is InChI=1S/C14H18FNO/c15-12-4-1-2-5-13(12)16-11-6-9-17-14(10-11)7-3-8-14/h1-2,4-5,11,16H,3,6-10H2. The van der Waals surface area contributed by atoms with E-state index in [1.54, 1.807) is 12.1 Å². The first-order valence-corrected chi connectivity index (χ1v) is 6.42. The molecule has 0 bridgehead atoms. The Morgan fingerprint density at radius 3 is 2.82 bits per heavy atom. The predicted octanol–water partition coefficient (Wildman–Crippen LogP) is 3.34. The lowest BCUT2D eigenvalue weighted by atomic mass is 9.74. The maximum absolute atomic E-state index is 13.5. The quantitative estimate of drug-likeness (QED) is 0.848. The molecule has 1 aromatic rings. The van der Waals surface area contributed by atoms with Crippen molar-refractivity contribution in [1.29, 1.82) is 0 Å². The Labute approximate surface area is 101 Å². The molecule has 3 heteroatoms. The van der Waals surface area contributed by atoms with E-state index in [-0.39, 0.29) is 11.4 Å². The number of halogens is 1. The van der Waals surface area contributed by atoms with Gasteiger partial charge in [0.1, 0.15) is 5.82 Å². The molecule has 1 spiro atoms. The van der Waals surface area contributed by atoms with Crippen LogP contribution in [0.15, 0.2) is 24.3 Å². The van der Waals surface area contributed by atoms with Gasteiger partial charge in [0.15, 0.2) is 0 Å². The summed E-state index contributed by atoms with van der Waals surface area (Å²) in [5.74, 6) is -0.165. The third kappa shape index (κ3) is 2.16. The summed E-state index contributed by atoms with van der Waals surface area (Å²) in [6.45, 7) is 0.798. The van der Waals surface area contributed by atoms with E-state index in [4.69, 9.17) is 4.74 Å². The molecule has 0 amide bonds. The molecule has 0 radical (unpaired) electrons. The molecule has 1 N–H and O–H groups in total. The summed E-state index contributed by atoms with van der Waals surface area (Å²) in [5.41, 5.74) is 0.732. The Morgan fingerprint density at radius 1 is 1.29 bits per heavy atom. The Kier molecular flexibility index (Phi) is 2.79. The van der Waals surface area contributed by atoms with Crippen LogP contribution in [0.5, 0.6) is 0 Å². The zero-order chi connectivity index (χ0) is 11.7. The van der Waals surface area contributed by atoms with Gasteiger partial charge in [-0.1, -0.05) is 12.1 Å². The van der Waals surface area contributed by atoms with E-state index in [1.165, 1.54) is 25.3 Å². The molecule has 92 valence electrons. The molecule has 1 atom stereocenters. The number of nitrogens with one attached hydrogen (secondary N) is 1. The molecular weight excluding hydrogens is 217 g/mol. The van der Waals surface area contributed by atoms with Crippen LogP contribution in [-0.2, 0) is 4.74 Å². The summed E-state index contributed by atoms with van der Waals surface area (Å²) in [6, 6.07) is 7.24. The van der Waals surface area contributed by atoms with Gasteiger partial charge in [-0.15, -0.1) is 0 Å². The van der Waals surface area contributed by atoms with Crippen LogP contribution in [-0.4, -0.2) is 18.2 Å². The van der Waals surface area contributed by atoms with Gasteiger partial charge in [0.25, 0.3) is 0 Å². The van der Waals surface area contributed by atoms with E-state index in [9.17, 15) is 4.39 Å². The lowest BCUT2D eigenvalue weighted by Gasteiger charge is -2.47. The Balaban J connectivity index is 1.67. The van der Waals surface area contributed by atoms with Gasteiger partial charge >= 0.3 is 0 Å². The summed E-state index contributed by atoms with van der Waals surface area (Å²) in [7, 11) is 0. The smallest absolute Gasteiger partial charge is 0.146 e. The molecule has 1 aliphatic carbocycles. The van der Waals surface area contributed by atoms with E-state index in [1.807, 2.05) is 6.07 Å². The lowest BCUT2D eigenvalue weighted by molar-refractivity contribution is -0.130. The van der Waals surface area contributed by atoms with Gasteiger partial charge in [0.2, 0.25) is 0 Å². The van der Waals surface area contributed by atoms with Crippen LogP contribution < -0.4 is 5.32 Å². The van der Waals surface area contributed by atoms with Gasteiger partial charge in [0.05, 0.1) is 11.3 Å². The first-order chi connectivity index (χ1) is 8.27. The Bertz CT molecular complexity index is 403. The molecule has 2 aliphatic rings. The fraction of sp³-hybridized carbons (Fsp3) is 0.571. The van der Waals surface area contributed by atoms with Gasteiger partial charge in [-0.05, 0) is 44.2 Å². The second kappa shape index (κ2) is 4.30. The van der Waals surface area contributed by atoms with E-state index < -0.39 is 0 Å². The van der Waals surface area contributed by atoms with Gasteiger partial charge in [0, 0.05) is 12.6 Å². The number of benzene rings is 1. The van der Waals surface area contributed by atoms with Gasteiger partial charge < -0.3 is 10.1 Å². The molecule has 1 aliphatic heterocycles. The third-order valence-corrected chi connectivity index (χ3v) is 3.99. The highest BCUT2D eigenvalue weighted by Crippen LogP contribution is 2.42. The fourth-order valence-electron chi connectivity index (χ4n) is 2.87. The summed E-state index contributed by atoms with van der Waals surface area (Å²) in [4.78, 5) is 0. The van der Waals surface area contributed by atoms with Crippen LogP contribution >= 0.6 is 0 Å². The molecule has 0 aromatic heterocycles. The second-order valence-corrected chi connectivity index (χ2v) is 5.20. The number of para-hydroxylation sites is 1. The Hall–Kier alpha value is -1.09. The molecule has 1 aromatic carbocycles. The summed E-state index contributed by atoms with van der Waals surface area (Å²) in [5, 5.41) is 3.32. The van der Waals surface area contributed by atoms with Crippen LogP contribution in [0.4, 0.5) is 10.1 Å². The molecule has 1 unspecified atom stereocenters. The number of hydrogen-bond donors (Lipinski definition) is 1. The van der Waals surface area contributed by atoms with E-state index in [2.05, 4.69) is 5.32 Å². The molecule has 1 saturated carbocycles. The van der Waals surface area contributed by atoms with E-state index in [0.29, 0.717) is 11.7 Å². The SMILES string of the molecule is Fc1ccccc1NC1CCOC2(CCC2)C1. The van der Waals surface area contributed by atoms with Crippen LogP contribution in [0.25, 0.3) is 0 Å². The summed E-state index contributed by atoms with van der Waals surface area (Å²) >= 11 is 0. The van der Waals surface area contributed by atoms with Crippen molar-refractivity contribution in [3.05, 3.63) is 30.1 Å². The molecule has 2 nitrogen and oxygen atoms in total. The molecular formula is C14H18FNO. The highest BCUT2D eigenvalue weighted by molar-refractivity contribution is 5.45. The number of anilines is 1. The minimum Gasteiger partial charge on any atom is -0.380 e. The van der Waals surface area contributed by atoms with Crippen molar-refractivity contribution in [1.82, 2.24) is 0 Å². The predicted molar refractivity (Wildman–Crippen MR) is 65.6 cm³/mol. The summed E-state index contributed by atoms with van der Waals surface area (Å²) in [6.07, 6.45) is 5.59. The van der Waals surface area contributed by atoms with E-state index >= 15 is 0 Å². The Morgan fingerprint density at radius 2 is 2.12 bits per heavy atom. The zero-order valence-corrected chi connectivity index (χ0v) is 9.92. The first kappa shape index (κ1) is 11.0. The average molecular weight is 235 g/mol. The largest absolute Gasteiger partial charge is 0.380 e. The lowest BCUT2D eigenvalue weighted by Crippen LogP contribution is -2.49. The molecule has 1 heterocycles. The minimum absolute atomic E-state index is 0.112. The van der Waals surface area contributed by atoms with Crippen molar-refractivity contribution in [2.75, 3.05) is 11.9 Å². The number of ether oxygens (including phenoxy) is 1. The zero-order valence-electron chi connectivity index (χ0n) is 9.92. The monoisotopic (exact) mass is 235 g/mol. The number of hydrogen-bond acceptors (Lipinski definition) is 2. The van der Waals surface area contributed by atoms with Crippen LogP contribution in [0, 0.1) is 5.82 Å². The molecule has 1 saturated heterocycles. The second-order valence-electron chi connectivity index (χ2n) is 5.20.